The van der Waals surface area contributed by atoms with E-state index in [0.29, 0.717) is 54.9 Å². The molecule has 3 aromatic rings. The van der Waals surface area contributed by atoms with Gasteiger partial charge in [0.05, 0.1) is 13.2 Å². The molecular formula is C29H34N6O5. The summed E-state index contributed by atoms with van der Waals surface area (Å²) in [7, 11) is 1.51. The zero-order valence-electron chi connectivity index (χ0n) is 22.7. The van der Waals surface area contributed by atoms with Crippen LogP contribution in [0.2, 0.25) is 0 Å². The Balaban J connectivity index is 1.37. The standard InChI is InChI=1S/C29H34N6O5/c1-3-10-30-29-32-13-20(14-33-29)15-35-16-23-26(17-35)40-22-7-4-19(5-8-22)12-31-27(36)18-39-25-11-21(28(37)34-23)6-9-24(25)38-2/h4-9,11,13-14,23,26H,3,10,12,15-18H2,1-2H3,(H,31,36)(H,34,37)(H,30,32,33)/t23-,26-/m0/s1. The number of carbonyl (C=O) groups is 2. The van der Waals surface area contributed by atoms with Crippen molar-refractivity contribution < 1.29 is 23.8 Å². The van der Waals surface area contributed by atoms with Crippen molar-refractivity contribution in [2.24, 2.45) is 0 Å². The Bertz CT molecular complexity index is 1320. The van der Waals surface area contributed by atoms with Gasteiger partial charge in [0, 0.05) is 56.2 Å². The molecule has 1 saturated heterocycles. The number of hydrogen-bond donors (Lipinski definition) is 3. The summed E-state index contributed by atoms with van der Waals surface area (Å²) in [6, 6.07) is 12.2. The minimum absolute atomic E-state index is 0.207. The molecule has 1 fully saturated rings. The van der Waals surface area contributed by atoms with Gasteiger partial charge in [-0.15, -0.1) is 0 Å². The lowest BCUT2D eigenvalue weighted by Gasteiger charge is -2.21. The molecule has 2 atom stereocenters. The maximum Gasteiger partial charge on any atom is 0.258 e. The van der Waals surface area contributed by atoms with Gasteiger partial charge in [-0.2, -0.15) is 0 Å². The second-order valence-electron chi connectivity index (χ2n) is 9.85. The van der Waals surface area contributed by atoms with Gasteiger partial charge in [0.2, 0.25) is 5.95 Å². The molecule has 11 nitrogen and oxygen atoms in total. The number of rotatable bonds is 6. The van der Waals surface area contributed by atoms with Crippen molar-refractivity contribution in [2.75, 3.05) is 38.7 Å². The number of ether oxygens (including phenoxy) is 3. The van der Waals surface area contributed by atoms with Gasteiger partial charge in [0.25, 0.3) is 11.8 Å². The summed E-state index contributed by atoms with van der Waals surface area (Å²) in [5, 5.41) is 9.17. The number of aromatic nitrogens is 2. The van der Waals surface area contributed by atoms with Crippen LogP contribution in [0.4, 0.5) is 5.95 Å². The molecule has 3 aliphatic heterocycles. The van der Waals surface area contributed by atoms with Gasteiger partial charge >= 0.3 is 0 Å². The van der Waals surface area contributed by atoms with E-state index in [1.807, 2.05) is 36.7 Å². The monoisotopic (exact) mass is 546 g/mol. The fourth-order valence-corrected chi connectivity index (χ4v) is 4.70. The molecule has 0 aliphatic carbocycles. The Labute approximate surface area is 233 Å². The molecule has 0 spiro atoms. The Hall–Kier alpha value is -4.38. The van der Waals surface area contributed by atoms with Gasteiger partial charge in [0.1, 0.15) is 11.9 Å². The fourth-order valence-electron chi connectivity index (χ4n) is 4.70. The number of likely N-dealkylation sites (tertiary alicyclic amines) is 1. The summed E-state index contributed by atoms with van der Waals surface area (Å²) in [5.41, 5.74) is 2.30. The van der Waals surface area contributed by atoms with Crippen LogP contribution in [0.3, 0.4) is 0 Å². The molecule has 2 aromatic carbocycles. The highest BCUT2D eigenvalue weighted by molar-refractivity contribution is 5.95. The molecular weight excluding hydrogens is 512 g/mol. The van der Waals surface area contributed by atoms with E-state index >= 15 is 0 Å². The minimum Gasteiger partial charge on any atom is -0.493 e. The molecule has 0 saturated carbocycles. The third-order valence-corrected chi connectivity index (χ3v) is 6.79. The predicted molar refractivity (Wildman–Crippen MR) is 149 cm³/mol. The number of methoxy groups -OCH3 is 1. The van der Waals surface area contributed by atoms with Gasteiger partial charge in [0.15, 0.2) is 18.1 Å². The van der Waals surface area contributed by atoms with Crippen LogP contribution in [0.1, 0.15) is 34.8 Å². The first kappa shape index (κ1) is 27.2. The quantitative estimate of drug-likeness (QED) is 0.427. The topological polar surface area (TPSA) is 127 Å². The van der Waals surface area contributed by atoms with Crippen molar-refractivity contribution >= 4 is 17.8 Å². The Kier molecular flexibility index (Phi) is 8.60. The molecule has 2 amide bonds. The van der Waals surface area contributed by atoms with Gasteiger partial charge in [-0.25, -0.2) is 9.97 Å². The molecule has 3 aliphatic rings. The number of fused-ring (bicyclic) bond motifs is 7. The molecule has 3 N–H and O–H groups in total. The number of nitrogens with one attached hydrogen (secondary N) is 3. The van der Waals surface area contributed by atoms with Crippen LogP contribution in [-0.4, -0.2) is 72.2 Å². The smallest absolute Gasteiger partial charge is 0.258 e. The largest absolute Gasteiger partial charge is 0.493 e. The average molecular weight is 547 g/mol. The van der Waals surface area contributed by atoms with Crippen molar-refractivity contribution in [3.8, 4) is 17.2 Å². The first-order valence-electron chi connectivity index (χ1n) is 13.4. The van der Waals surface area contributed by atoms with E-state index in [-0.39, 0.29) is 30.6 Å². The molecule has 4 heterocycles. The van der Waals surface area contributed by atoms with Crippen LogP contribution < -0.4 is 30.2 Å². The van der Waals surface area contributed by atoms with Crippen LogP contribution in [0, 0.1) is 0 Å². The van der Waals surface area contributed by atoms with E-state index in [4.69, 9.17) is 14.2 Å². The van der Waals surface area contributed by atoms with Crippen molar-refractivity contribution in [3.63, 3.8) is 0 Å². The van der Waals surface area contributed by atoms with Crippen LogP contribution in [0.25, 0.3) is 0 Å². The van der Waals surface area contributed by atoms with E-state index < -0.39 is 0 Å². The summed E-state index contributed by atoms with van der Waals surface area (Å²) in [5.74, 6) is 1.50. The van der Waals surface area contributed by atoms with E-state index in [2.05, 4.69) is 37.7 Å². The van der Waals surface area contributed by atoms with Gasteiger partial charge in [-0.1, -0.05) is 19.1 Å². The highest BCUT2D eigenvalue weighted by Gasteiger charge is 2.36. The average Bonchev–Trinajstić information content (AvgIpc) is 3.34. The first-order chi connectivity index (χ1) is 19.5. The minimum atomic E-state index is -0.287. The third kappa shape index (κ3) is 6.78. The zero-order valence-corrected chi connectivity index (χ0v) is 22.7. The Morgan fingerprint density at radius 1 is 1.10 bits per heavy atom. The van der Waals surface area contributed by atoms with E-state index in [0.717, 1.165) is 24.1 Å². The van der Waals surface area contributed by atoms with E-state index in [1.165, 1.54) is 7.11 Å². The SMILES string of the molecule is CCCNc1ncc(CN2C[C@@H]3NC(=O)c4ccc(OC)c(c4)OCC(=O)NCc4ccc(cc4)O[C@H]3C2)cn1. The number of amides is 2. The maximum absolute atomic E-state index is 13.4. The van der Waals surface area contributed by atoms with Crippen LogP contribution >= 0.6 is 0 Å². The lowest BCUT2D eigenvalue weighted by Crippen LogP contribution is -2.45. The van der Waals surface area contributed by atoms with Gasteiger partial charge < -0.3 is 30.2 Å². The number of anilines is 1. The first-order valence-corrected chi connectivity index (χ1v) is 13.4. The molecule has 210 valence electrons. The lowest BCUT2D eigenvalue weighted by atomic mass is 10.1. The molecule has 0 radical (unpaired) electrons. The van der Waals surface area contributed by atoms with Gasteiger partial charge in [-0.3, -0.25) is 14.5 Å². The Morgan fingerprint density at radius 3 is 2.65 bits per heavy atom. The van der Waals surface area contributed by atoms with Crippen LogP contribution in [0.15, 0.2) is 54.9 Å². The molecule has 40 heavy (non-hydrogen) atoms. The molecule has 6 rings (SSSR count). The second-order valence-corrected chi connectivity index (χ2v) is 9.85. The van der Waals surface area contributed by atoms with E-state index in [1.54, 1.807) is 18.2 Å². The molecule has 0 unspecified atom stereocenters. The highest BCUT2D eigenvalue weighted by Crippen LogP contribution is 2.29. The lowest BCUT2D eigenvalue weighted by molar-refractivity contribution is -0.123. The summed E-state index contributed by atoms with van der Waals surface area (Å²) < 4.78 is 17.5. The predicted octanol–water partition coefficient (Wildman–Crippen LogP) is 2.38. The zero-order chi connectivity index (χ0) is 27.9. The Morgan fingerprint density at radius 2 is 1.90 bits per heavy atom. The summed E-state index contributed by atoms with van der Waals surface area (Å²) in [4.78, 5) is 36.8. The van der Waals surface area contributed by atoms with Crippen molar-refractivity contribution in [2.45, 2.75) is 38.6 Å². The number of benzene rings is 2. The summed E-state index contributed by atoms with van der Waals surface area (Å²) >= 11 is 0. The van der Waals surface area contributed by atoms with Crippen LogP contribution in [0.5, 0.6) is 17.2 Å². The second kappa shape index (κ2) is 12.6. The normalized spacial score (nSPS) is 19.4. The number of hydrogen-bond acceptors (Lipinski definition) is 9. The van der Waals surface area contributed by atoms with Crippen molar-refractivity contribution in [3.05, 3.63) is 71.5 Å². The molecule has 4 bridgehead atoms. The summed E-state index contributed by atoms with van der Waals surface area (Å²) in [6.07, 6.45) is 4.36. The van der Waals surface area contributed by atoms with E-state index in [9.17, 15) is 9.59 Å². The number of carbonyl (C=O) groups excluding carboxylic acids is 2. The van der Waals surface area contributed by atoms with Crippen molar-refractivity contribution in [1.29, 1.82) is 0 Å². The highest BCUT2D eigenvalue weighted by atomic mass is 16.5. The summed E-state index contributed by atoms with van der Waals surface area (Å²) in [6.45, 7) is 4.88. The van der Waals surface area contributed by atoms with Crippen molar-refractivity contribution in [1.82, 2.24) is 25.5 Å². The molecule has 1 aromatic heterocycles. The number of nitrogens with zero attached hydrogens (tertiary/aromatic N) is 3. The fraction of sp³-hybridized carbons (Fsp3) is 0.379. The molecule has 11 heteroatoms. The van der Waals surface area contributed by atoms with Crippen LogP contribution in [-0.2, 0) is 17.9 Å². The maximum atomic E-state index is 13.4. The third-order valence-electron chi connectivity index (χ3n) is 6.79. The van der Waals surface area contributed by atoms with Gasteiger partial charge in [-0.05, 0) is 42.3 Å².